The summed E-state index contributed by atoms with van der Waals surface area (Å²) in [6, 6.07) is 14.7. The van der Waals surface area contributed by atoms with Gasteiger partial charge in [-0.15, -0.1) is 0 Å². The molecule has 0 spiro atoms. The summed E-state index contributed by atoms with van der Waals surface area (Å²) >= 11 is 11.6. The fraction of sp³-hybridized carbons (Fsp3) is 0.208. The summed E-state index contributed by atoms with van der Waals surface area (Å²) in [5.41, 5.74) is 5.53. The van der Waals surface area contributed by atoms with Crippen molar-refractivity contribution < 1.29 is 4.39 Å². The van der Waals surface area contributed by atoms with Gasteiger partial charge in [-0.3, -0.25) is 9.36 Å². The Kier molecular flexibility index (Phi) is 6.76. The van der Waals surface area contributed by atoms with Gasteiger partial charge in [0.1, 0.15) is 5.82 Å². The molecule has 0 amide bonds. The lowest BCUT2D eigenvalue weighted by Gasteiger charge is -2.11. The van der Waals surface area contributed by atoms with Gasteiger partial charge < -0.3 is 10.6 Å². The molecule has 2 N–H and O–H groups in total. The summed E-state index contributed by atoms with van der Waals surface area (Å²) in [6.45, 7) is 6.95. The van der Waals surface area contributed by atoms with E-state index in [0.29, 0.717) is 28.1 Å². The third-order valence-corrected chi connectivity index (χ3v) is 6.02. The number of aromatic nitrogens is 4. The molecule has 2 aromatic heterocycles. The molecule has 0 saturated carbocycles. The minimum atomic E-state index is -0.363. The molecule has 0 bridgehead atoms. The van der Waals surface area contributed by atoms with Gasteiger partial charge in [-0.05, 0) is 56.2 Å². The predicted octanol–water partition coefficient (Wildman–Crippen LogP) is 5.70. The van der Waals surface area contributed by atoms with E-state index in [1.807, 2.05) is 30.7 Å². The first-order valence-corrected chi connectivity index (χ1v) is 11.2. The number of hydrogen-bond donors (Lipinski definition) is 2. The van der Waals surface area contributed by atoms with Crippen LogP contribution in [-0.4, -0.2) is 24.7 Å². The van der Waals surface area contributed by atoms with Crippen molar-refractivity contribution in [2.75, 3.05) is 10.6 Å². The van der Waals surface area contributed by atoms with Crippen LogP contribution in [0.25, 0.3) is 0 Å². The fourth-order valence-corrected chi connectivity index (χ4v) is 4.03. The molecule has 4 aromatic rings. The van der Waals surface area contributed by atoms with Gasteiger partial charge in [0.15, 0.2) is 10.9 Å². The zero-order valence-corrected chi connectivity index (χ0v) is 20.1. The first-order chi connectivity index (χ1) is 15.8. The lowest BCUT2D eigenvalue weighted by atomic mass is 10.1. The Labute approximate surface area is 202 Å². The summed E-state index contributed by atoms with van der Waals surface area (Å²) in [7, 11) is 0. The van der Waals surface area contributed by atoms with Crippen molar-refractivity contribution in [1.82, 2.24) is 19.6 Å². The number of rotatable bonds is 6. The Morgan fingerprint density at radius 2 is 1.79 bits per heavy atom. The maximum absolute atomic E-state index is 14.1. The van der Waals surface area contributed by atoms with Crippen molar-refractivity contribution >= 4 is 40.4 Å². The molecule has 0 aliphatic rings. The molecule has 0 aliphatic carbocycles. The van der Waals surface area contributed by atoms with E-state index in [9.17, 15) is 4.39 Å². The minimum absolute atomic E-state index is 0.220. The molecule has 170 valence electrons. The van der Waals surface area contributed by atoms with Gasteiger partial charge >= 0.3 is 0 Å². The third kappa shape index (κ3) is 5.23. The van der Waals surface area contributed by atoms with Gasteiger partial charge in [-0.25, -0.2) is 4.39 Å². The van der Waals surface area contributed by atoms with Crippen LogP contribution in [0.2, 0.25) is 5.02 Å². The van der Waals surface area contributed by atoms with E-state index >= 15 is 0 Å². The molecular weight excluding hydrogens is 459 g/mol. The predicted molar refractivity (Wildman–Crippen MR) is 135 cm³/mol. The SMILES string of the molecule is Cc1ccccc1Cn1nc(C)c(NC(=S)Nc2ccn(Cc3c(F)cccc3Cl)n2)c1C. The van der Waals surface area contributed by atoms with Gasteiger partial charge in [0.05, 0.1) is 30.2 Å². The molecule has 0 radical (unpaired) electrons. The standard InChI is InChI=1S/C24H24ClFN6S/c1-15-7-4-5-8-18(15)13-32-17(3)23(16(2)29-32)28-24(33)27-22-11-12-31(30-22)14-19-20(25)9-6-10-21(19)26/h4-12H,13-14H2,1-3H3,(H2,27,28,30,33). The highest BCUT2D eigenvalue weighted by molar-refractivity contribution is 7.80. The summed E-state index contributed by atoms with van der Waals surface area (Å²) < 4.78 is 17.6. The smallest absolute Gasteiger partial charge is 0.176 e. The van der Waals surface area contributed by atoms with Gasteiger partial charge in [0.25, 0.3) is 0 Å². The quantitative estimate of drug-likeness (QED) is 0.345. The Hall–Kier alpha value is -3.23. The average molecular weight is 483 g/mol. The van der Waals surface area contributed by atoms with Crippen LogP contribution in [0, 0.1) is 26.6 Å². The normalized spacial score (nSPS) is 10.9. The van der Waals surface area contributed by atoms with E-state index in [0.717, 1.165) is 17.1 Å². The van der Waals surface area contributed by atoms with Crippen LogP contribution in [0.5, 0.6) is 0 Å². The van der Waals surface area contributed by atoms with E-state index in [1.54, 1.807) is 29.1 Å². The Morgan fingerprint density at radius 3 is 2.55 bits per heavy atom. The highest BCUT2D eigenvalue weighted by atomic mass is 35.5. The molecule has 4 rings (SSSR count). The lowest BCUT2D eigenvalue weighted by molar-refractivity contribution is 0.586. The van der Waals surface area contributed by atoms with E-state index in [-0.39, 0.29) is 12.4 Å². The number of aryl methyl sites for hydroxylation is 2. The van der Waals surface area contributed by atoms with Crippen molar-refractivity contribution in [2.24, 2.45) is 0 Å². The Balaban J connectivity index is 1.42. The fourth-order valence-electron chi connectivity index (χ4n) is 3.60. The van der Waals surface area contributed by atoms with Crippen LogP contribution < -0.4 is 10.6 Å². The van der Waals surface area contributed by atoms with Crippen LogP contribution in [0.15, 0.2) is 54.7 Å². The number of nitrogens with zero attached hydrogens (tertiary/aromatic N) is 4. The summed E-state index contributed by atoms with van der Waals surface area (Å²) in [4.78, 5) is 0. The number of hydrogen-bond acceptors (Lipinski definition) is 3. The van der Waals surface area contributed by atoms with Crippen molar-refractivity contribution in [3.63, 3.8) is 0 Å². The van der Waals surface area contributed by atoms with Crippen molar-refractivity contribution in [1.29, 1.82) is 0 Å². The molecule has 0 fully saturated rings. The Bertz CT molecular complexity index is 1290. The molecule has 6 nitrogen and oxygen atoms in total. The number of halogens is 2. The van der Waals surface area contributed by atoms with Gasteiger partial charge in [-0.2, -0.15) is 10.2 Å². The number of nitrogens with one attached hydrogen (secondary N) is 2. The first kappa shape index (κ1) is 22.9. The number of thiocarbonyl (C=S) groups is 1. The first-order valence-electron chi connectivity index (χ1n) is 10.4. The third-order valence-electron chi connectivity index (χ3n) is 5.47. The molecule has 2 aromatic carbocycles. The molecule has 0 saturated heterocycles. The van der Waals surface area contributed by atoms with Gasteiger partial charge in [-0.1, -0.05) is 41.9 Å². The van der Waals surface area contributed by atoms with Gasteiger partial charge in [0.2, 0.25) is 0 Å². The second-order valence-corrected chi connectivity index (χ2v) is 8.62. The van der Waals surface area contributed by atoms with E-state index in [4.69, 9.17) is 23.8 Å². The largest absolute Gasteiger partial charge is 0.329 e. The van der Waals surface area contributed by atoms with E-state index in [1.165, 1.54) is 17.2 Å². The maximum Gasteiger partial charge on any atom is 0.176 e. The van der Waals surface area contributed by atoms with Gasteiger partial charge in [0, 0.05) is 22.8 Å². The molecule has 33 heavy (non-hydrogen) atoms. The molecule has 0 atom stereocenters. The molecule has 0 unspecified atom stereocenters. The highest BCUT2D eigenvalue weighted by Crippen LogP contribution is 2.22. The topological polar surface area (TPSA) is 59.7 Å². The maximum atomic E-state index is 14.1. The van der Waals surface area contributed by atoms with Crippen molar-refractivity contribution in [3.8, 4) is 0 Å². The zero-order valence-electron chi connectivity index (χ0n) is 18.6. The summed E-state index contributed by atoms with van der Waals surface area (Å²) in [5, 5.41) is 16.2. The van der Waals surface area contributed by atoms with Crippen LogP contribution in [0.3, 0.4) is 0 Å². The summed E-state index contributed by atoms with van der Waals surface area (Å²) in [6.07, 6.45) is 1.74. The highest BCUT2D eigenvalue weighted by Gasteiger charge is 2.14. The summed E-state index contributed by atoms with van der Waals surface area (Å²) in [5.74, 6) is 0.181. The molecule has 0 aliphatic heterocycles. The average Bonchev–Trinajstić information content (AvgIpc) is 3.31. The molecule has 2 heterocycles. The van der Waals surface area contributed by atoms with Crippen LogP contribution >= 0.6 is 23.8 Å². The number of anilines is 2. The van der Waals surface area contributed by atoms with E-state index in [2.05, 4.69) is 39.9 Å². The minimum Gasteiger partial charge on any atom is -0.329 e. The zero-order chi connectivity index (χ0) is 23.5. The van der Waals surface area contributed by atoms with Crippen molar-refractivity contribution in [3.05, 3.63) is 93.6 Å². The van der Waals surface area contributed by atoms with Crippen molar-refractivity contribution in [2.45, 2.75) is 33.9 Å². The Morgan fingerprint density at radius 1 is 1.00 bits per heavy atom. The second-order valence-electron chi connectivity index (χ2n) is 7.81. The van der Waals surface area contributed by atoms with Crippen LogP contribution in [0.4, 0.5) is 15.9 Å². The molecule has 9 heteroatoms. The lowest BCUT2D eigenvalue weighted by Crippen LogP contribution is -2.20. The van der Waals surface area contributed by atoms with Crippen LogP contribution in [0.1, 0.15) is 28.1 Å². The molecular formula is C24H24ClFN6S. The monoisotopic (exact) mass is 482 g/mol. The van der Waals surface area contributed by atoms with Crippen LogP contribution in [-0.2, 0) is 13.1 Å². The second kappa shape index (κ2) is 9.72. The number of benzene rings is 2. The van der Waals surface area contributed by atoms with E-state index < -0.39 is 0 Å².